The molecule has 1 aliphatic heterocycles. The average molecular weight is 303 g/mol. The molecule has 3 rings (SSSR count). The molecule has 2 aromatic rings. The van der Waals surface area contributed by atoms with E-state index in [4.69, 9.17) is 9.15 Å². The Morgan fingerprint density at radius 3 is 2.68 bits per heavy atom. The van der Waals surface area contributed by atoms with Gasteiger partial charge in [0.1, 0.15) is 11.6 Å². The molecule has 1 amide bonds. The van der Waals surface area contributed by atoms with Gasteiger partial charge in [-0.05, 0) is 30.2 Å². The molecule has 1 aliphatic rings. The fourth-order valence-corrected chi connectivity index (χ4v) is 2.52. The molecule has 0 bridgehead atoms. The number of amides is 1. The number of morpholine rings is 1. The molecule has 4 nitrogen and oxygen atoms in total. The van der Waals surface area contributed by atoms with E-state index in [-0.39, 0.29) is 17.5 Å². The highest BCUT2D eigenvalue weighted by molar-refractivity contribution is 5.92. The zero-order valence-corrected chi connectivity index (χ0v) is 12.5. The van der Waals surface area contributed by atoms with Crippen molar-refractivity contribution in [2.24, 2.45) is 0 Å². The summed E-state index contributed by atoms with van der Waals surface area (Å²) in [5.41, 5.74) is 1.30. The molecule has 0 N–H and O–H groups in total. The van der Waals surface area contributed by atoms with Crippen LogP contribution < -0.4 is 0 Å². The number of halogens is 1. The van der Waals surface area contributed by atoms with Gasteiger partial charge in [0.2, 0.25) is 0 Å². The predicted octanol–water partition coefficient (Wildman–Crippen LogP) is 3.12. The minimum absolute atomic E-state index is 0.153. The molecule has 2 heterocycles. The first-order chi connectivity index (χ1) is 10.7. The summed E-state index contributed by atoms with van der Waals surface area (Å²) in [5.74, 6) is 0.368. The lowest BCUT2D eigenvalue weighted by Gasteiger charge is -2.25. The number of nitrogens with zero attached hydrogens (tertiary/aromatic N) is 1. The summed E-state index contributed by atoms with van der Waals surface area (Å²) in [7, 11) is 0. The first-order valence-electron chi connectivity index (χ1n) is 7.44. The van der Waals surface area contributed by atoms with Gasteiger partial charge in [-0.3, -0.25) is 4.79 Å². The molecule has 0 atom stereocenters. The van der Waals surface area contributed by atoms with Crippen LogP contribution >= 0.6 is 0 Å². The number of carbonyl (C=O) groups excluding carboxylic acids is 1. The zero-order chi connectivity index (χ0) is 15.5. The van der Waals surface area contributed by atoms with Gasteiger partial charge in [-0.25, -0.2) is 4.39 Å². The van der Waals surface area contributed by atoms with E-state index in [1.54, 1.807) is 23.1 Å². The fourth-order valence-electron chi connectivity index (χ4n) is 2.52. The summed E-state index contributed by atoms with van der Waals surface area (Å²) in [6, 6.07) is 8.34. The highest BCUT2D eigenvalue weighted by Crippen LogP contribution is 2.25. The summed E-state index contributed by atoms with van der Waals surface area (Å²) in [5, 5.41) is 0. The Morgan fingerprint density at radius 2 is 2.00 bits per heavy atom. The van der Waals surface area contributed by atoms with Crippen LogP contribution in [0.2, 0.25) is 0 Å². The second kappa shape index (κ2) is 6.32. The zero-order valence-electron chi connectivity index (χ0n) is 12.5. The van der Waals surface area contributed by atoms with Crippen molar-refractivity contribution in [1.29, 1.82) is 0 Å². The number of carbonyl (C=O) groups is 1. The van der Waals surface area contributed by atoms with Gasteiger partial charge in [0.05, 0.1) is 13.2 Å². The van der Waals surface area contributed by atoms with E-state index in [0.717, 1.165) is 0 Å². The first-order valence-corrected chi connectivity index (χ1v) is 7.44. The predicted molar refractivity (Wildman–Crippen MR) is 80.2 cm³/mol. The van der Waals surface area contributed by atoms with Crippen molar-refractivity contribution in [1.82, 2.24) is 4.90 Å². The van der Waals surface area contributed by atoms with E-state index in [1.807, 2.05) is 13.0 Å². The van der Waals surface area contributed by atoms with Crippen LogP contribution in [0.1, 0.15) is 23.0 Å². The lowest BCUT2D eigenvalue weighted by Crippen LogP contribution is -2.40. The molecule has 1 aromatic heterocycles. The van der Waals surface area contributed by atoms with Crippen molar-refractivity contribution in [3.05, 3.63) is 47.5 Å². The second-order valence-corrected chi connectivity index (χ2v) is 5.23. The Bertz CT molecular complexity index is 674. The first kappa shape index (κ1) is 14.8. The third kappa shape index (κ3) is 2.90. The van der Waals surface area contributed by atoms with E-state index >= 15 is 0 Å². The molecule has 1 aromatic carbocycles. The standard InChI is InChI=1S/C17H18FNO3/c1-2-12-3-4-13(11-14(12)18)15-5-6-16(22-15)17(20)19-7-9-21-10-8-19/h3-6,11H,2,7-10H2,1H3. The van der Waals surface area contributed by atoms with E-state index in [2.05, 4.69) is 0 Å². The number of furan rings is 1. The molecule has 22 heavy (non-hydrogen) atoms. The molecular formula is C17H18FNO3. The minimum Gasteiger partial charge on any atom is -0.451 e. The van der Waals surface area contributed by atoms with Gasteiger partial charge in [0.15, 0.2) is 5.76 Å². The van der Waals surface area contributed by atoms with Gasteiger partial charge >= 0.3 is 0 Å². The highest BCUT2D eigenvalue weighted by atomic mass is 19.1. The lowest BCUT2D eigenvalue weighted by molar-refractivity contribution is 0.0283. The van der Waals surface area contributed by atoms with Crippen molar-refractivity contribution in [2.75, 3.05) is 26.3 Å². The number of ether oxygens (including phenoxy) is 1. The molecule has 0 unspecified atom stereocenters. The third-order valence-corrected chi connectivity index (χ3v) is 3.83. The Balaban J connectivity index is 1.81. The molecule has 1 fully saturated rings. The maximum Gasteiger partial charge on any atom is 0.289 e. The summed E-state index contributed by atoms with van der Waals surface area (Å²) < 4.78 is 24.7. The fraction of sp³-hybridized carbons (Fsp3) is 0.353. The molecule has 0 aliphatic carbocycles. The van der Waals surface area contributed by atoms with Crippen molar-refractivity contribution in [2.45, 2.75) is 13.3 Å². The van der Waals surface area contributed by atoms with Gasteiger partial charge in [0, 0.05) is 18.7 Å². The summed E-state index contributed by atoms with van der Waals surface area (Å²) in [6.07, 6.45) is 0.644. The third-order valence-electron chi connectivity index (χ3n) is 3.83. The van der Waals surface area contributed by atoms with Crippen LogP contribution in [0.25, 0.3) is 11.3 Å². The van der Waals surface area contributed by atoms with Gasteiger partial charge < -0.3 is 14.1 Å². The van der Waals surface area contributed by atoms with Crippen LogP contribution in [-0.4, -0.2) is 37.1 Å². The Labute approximate surface area is 128 Å². The number of benzene rings is 1. The SMILES string of the molecule is CCc1ccc(-c2ccc(C(=O)N3CCOCC3)o2)cc1F. The summed E-state index contributed by atoms with van der Waals surface area (Å²) in [6.45, 7) is 4.12. The monoisotopic (exact) mass is 303 g/mol. The van der Waals surface area contributed by atoms with Gasteiger partial charge in [-0.2, -0.15) is 0 Å². The van der Waals surface area contributed by atoms with Gasteiger partial charge in [-0.1, -0.05) is 19.1 Å². The smallest absolute Gasteiger partial charge is 0.289 e. The van der Waals surface area contributed by atoms with Crippen LogP contribution in [0.3, 0.4) is 0 Å². The second-order valence-electron chi connectivity index (χ2n) is 5.23. The molecule has 0 radical (unpaired) electrons. The van der Waals surface area contributed by atoms with Crippen molar-refractivity contribution in [3.8, 4) is 11.3 Å². The number of hydrogen-bond acceptors (Lipinski definition) is 3. The highest BCUT2D eigenvalue weighted by Gasteiger charge is 2.21. The Kier molecular flexibility index (Phi) is 4.24. The largest absolute Gasteiger partial charge is 0.451 e. The number of rotatable bonds is 3. The maximum absolute atomic E-state index is 13.9. The van der Waals surface area contributed by atoms with Crippen LogP contribution in [0.4, 0.5) is 4.39 Å². The van der Waals surface area contributed by atoms with Crippen LogP contribution in [0, 0.1) is 5.82 Å². The van der Waals surface area contributed by atoms with E-state index in [0.29, 0.717) is 49.6 Å². The van der Waals surface area contributed by atoms with E-state index in [9.17, 15) is 9.18 Å². The van der Waals surface area contributed by atoms with E-state index in [1.165, 1.54) is 6.07 Å². The van der Waals surface area contributed by atoms with Crippen LogP contribution in [0.15, 0.2) is 34.7 Å². The average Bonchev–Trinajstić information content (AvgIpc) is 3.05. The number of hydrogen-bond donors (Lipinski definition) is 0. The Hall–Kier alpha value is -2.14. The van der Waals surface area contributed by atoms with Gasteiger partial charge in [-0.15, -0.1) is 0 Å². The molecule has 0 spiro atoms. The van der Waals surface area contributed by atoms with Gasteiger partial charge in [0.25, 0.3) is 5.91 Å². The normalized spacial score (nSPS) is 15.1. The van der Waals surface area contributed by atoms with E-state index < -0.39 is 0 Å². The summed E-state index contributed by atoms with van der Waals surface area (Å²) >= 11 is 0. The topological polar surface area (TPSA) is 42.7 Å². The van der Waals surface area contributed by atoms with Crippen molar-refractivity contribution < 1.29 is 18.3 Å². The van der Waals surface area contributed by atoms with Crippen LogP contribution in [0.5, 0.6) is 0 Å². The molecular weight excluding hydrogens is 285 g/mol. The maximum atomic E-state index is 13.9. The summed E-state index contributed by atoms with van der Waals surface area (Å²) in [4.78, 5) is 14.0. The lowest BCUT2D eigenvalue weighted by atomic mass is 10.1. The molecule has 116 valence electrons. The molecule has 0 saturated carbocycles. The van der Waals surface area contributed by atoms with Crippen molar-refractivity contribution in [3.63, 3.8) is 0 Å². The number of aryl methyl sites for hydroxylation is 1. The quantitative estimate of drug-likeness (QED) is 0.875. The van der Waals surface area contributed by atoms with Crippen molar-refractivity contribution >= 4 is 5.91 Å². The molecule has 1 saturated heterocycles. The van der Waals surface area contributed by atoms with Crippen LogP contribution in [-0.2, 0) is 11.2 Å². The minimum atomic E-state index is -0.252. The molecule has 5 heteroatoms. The Morgan fingerprint density at radius 1 is 1.23 bits per heavy atom.